The minimum Gasteiger partial charge on any atom is -0.323 e. The summed E-state index contributed by atoms with van der Waals surface area (Å²) in [7, 11) is 0. The topological polar surface area (TPSA) is 42.0 Å². The van der Waals surface area contributed by atoms with E-state index in [0.717, 1.165) is 34.5 Å². The molecule has 1 unspecified atom stereocenters. The summed E-state index contributed by atoms with van der Waals surface area (Å²) in [5.41, 5.74) is 3.00. The summed E-state index contributed by atoms with van der Waals surface area (Å²) < 4.78 is 26.8. The van der Waals surface area contributed by atoms with E-state index in [1.807, 2.05) is 36.6 Å². The van der Waals surface area contributed by atoms with Crippen LogP contribution < -0.4 is 5.32 Å². The second-order valence-corrected chi connectivity index (χ2v) is 8.26. The number of thioether (sulfide) groups is 1. The molecule has 1 amide bonds. The number of carbonyl (C=O) groups is 1. The third kappa shape index (κ3) is 5.14. The molecule has 27 heavy (non-hydrogen) atoms. The molecule has 0 aliphatic carbocycles. The summed E-state index contributed by atoms with van der Waals surface area (Å²) >= 11 is 2.95. The van der Waals surface area contributed by atoms with Gasteiger partial charge in [-0.2, -0.15) is 0 Å². The first kappa shape index (κ1) is 19.5. The summed E-state index contributed by atoms with van der Waals surface area (Å²) in [6, 6.07) is 11.1. The van der Waals surface area contributed by atoms with Gasteiger partial charge in [0.2, 0.25) is 5.91 Å². The van der Waals surface area contributed by atoms with Crippen LogP contribution in [0.1, 0.15) is 18.2 Å². The number of anilines is 1. The highest BCUT2D eigenvalue weighted by Crippen LogP contribution is 2.27. The third-order valence-corrected chi connectivity index (χ3v) is 6.00. The summed E-state index contributed by atoms with van der Waals surface area (Å²) in [6.07, 6.45) is 0. The summed E-state index contributed by atoms with van der Waals surface area (Å²) in [4.78, 5) is 16.8. The number of benzene rings is 2. The van der Waals surface area contributed by atoms with Crippen LogP contribution in [-0.4, -0.2) is 16.1 Å². The van der Waals surface area contributed by atoms with Crippen molar-refractivity contribution in [2.75, 3.05) is 5.32 Å². The van der Waals surface area contributed by atoms with Gasteiger partial charge in [0, 0.05) is 22.8 Å². The SMILES string of the molecule is Cc1ccc(-c2nc(CSC(C)C(=O)Nc3cc(F)ccc3F)cs2)cc1. The fraction of sp³-hybridized carbons (Fsp3) is 0.200. The monoisotopic (exact) mass is 404 g/mol. The molecule has 0 saturated carbocycles. The molecule has 3 rings (SSSR count). The maximum Gasteiger partial charge on any atom is 0.237 e. The second kappa shape index (κ2) is 8.63. The van der Waals surface area contributed by atoms with Gasteiger partial charge in [0.05, 0.1) is 16.6 Å². The van der Waals surface area contributed by atoms with Gasteiger partial charge in [0.25, 0.3) is 0 Å². The molecular weight excluding hydrogens is 386 g/mol. The number of hydrogen-bond acceptors (Lipinski definition) is 4. The Bertz CT molecular complexity index is 941. The molecule has 0 fully saturated rings. The Morgan fingerprint density at radius 3 is 2.70 bits per heavy atom. The number of rotatable bonds is 6. The van der Waals surface area contributed by atoms with Crippen LogP contribution in [0.4, 0.5) is 14.5 Å². The van der Waals surface area contributed by atoms with Crippen LogP contribution >= 0.6 is 23.1 Å². The molecule has 3 aromatic rings. The van der Waals surface area contributed by atoms with Crippen LogP contribution in [0.25, 0.3) is 10.6 Å². The largest absolute Gasteiger partial charge is 0.323 e. The molecule has 0 spiro atoms. The third-order valence-electron chi connectivity index (χ3n) is 3.89. The number of aryl methyl sites for hydroxylation is 1. The second-order valence-electron chi connectivity index (χ2n) is 6.08. The molecule has 1 aromatic heterocycles. The average molecular weight is 405 g/mol. The maximum atomic E-state index is 13.6. The minimum absolute atomic E-state index is 0.150. The van der Waals surface area contributed by atoms with E-state index in [1.54, 1.807) is 18.3 Å². The van der Waals surface area contributed by atoms with Gasteiger partial charge in [-0.3, -0.25) is 4.79 Å². The van der Waals surface area contributed by atoms with Crippen LogP contribution in [0.3, 0.4) is 0 Å². The van der Waals surface area contributed by atoms with Crippen molar-refractivity contribution in [3.8, 4) is 10.6 Å². The number of thiazole rings is 1. The van der Waals surface area contributed by atoms with E-state index in [9.17, 15) is 13.6 Å². The van der Waals surface area contributed by atoms with Crippen molar-refractivity contribution in [3.05, 3.63) is 70.7 Å². The lowest BCUT2D eigenvalue weighted by Gasteiger charge is -2.12. The Hall–Kier alpha value is -2.25. The van der Waals surface area contributed by atoms with Crippen LogP contribution in [-0.2, 0) is 10.5 Å². The van der Waals surface area contributed by atoms with Crippen LogP contribution in [0, 0.1) is 18.6 Å². The van der Waals surface area contributed by atoms with Crippen LogP contribution in [0.15, 0.2) is 47.8 Å². The Morgan fingerprint density at radius 1 is 1.22 bits per heavy atom. The molecule has 0 saturated heterocycles. The standard InChI is InChI=1S/C20H18F2N2OS2/c1-12-3-5-14(6-4-12)20-23-16(11-27-20)10-26-13(2)19(25)24-18-9-15(21)7-8-17(18)22/h3-9,11,13H,10H2,1-2H3,(H,24,25). The quantitative estimate of drug-likeness (QED) is 0.577. The first-order valence-corrected chi connectivity index (χ1v) is 10.2. The van der Waals surface area contributed by atoms with E-state index >= 15 is 0 Å². The van der Waals surface area contributed by atoms with E-state index < -0.39 is 16.9 Å². The van der Waals surface area contributed by atoms with Crippen molar-refractivity contribution in [1.29, 1.82) is 0 Å². The maximum absolute atomic E-state index is 13.6. The fourth-order valence-corrected chi connectivity index (χ4v) is 4.03. The molecule has 0 radical (unpaired) electrons. The highest BCUT2D eigenvalue weighted by Gasteiger charge is 2.16. The molecular formula is C20H18F2N2OS2. The summed E-state index contributed by atoms with van der Waals surface area (Å²) in [5, 5.41) is 4.90. The molecule has 3 nitrogen and oxygen atoms in total. The predicted molar refractivity (Wildman–Crippen MR) is 108 cm³/mol. The zero-order valence-corrected chi connectivity index (χ0v) is 16.5. The van der Waals surface area contributed by atoms with Crippen molar-refractivity contribution < 1.29 is 13.6 Å². The zero-order chi connectivity index (χ0) is 19.4. The van der Waals surface area contributed by atoms with Crippen LogP contribution in [0.5, 0.6) is 0 Å². The number of halogens is 2. The van der Waals surface area contributed by atoms with Crippen molar-refractivity contribution in [1.82, 2.24) is 4.98 Å². The van der Waals surface area contributed by atoms with Crippen molar-refractivity contribution in [3.63, 3.8) is 0 Å². The molecule has 0 aliphatic heterocycles. The lowest BCUT2D eigenvalue weighted by molar-refractivity contribution is -0.115. The van der Waals surface area contributed by atoms with Gasteiger partial charge in [0.15, 0.2) is 0 Å². The van der Waals surface area contributed by atoms with Gasteiger partial charge < -0.3 is 5.32 Å². The highest BCUT2D eigenvalue weighted by atomic mass is 32.2. The predicted octanol–water partition coefficient (Wildman–Crippen LogP) is 5.66. The molecule has 1 N–H and O–H groups in total. The van der Waals surface area contributed by atoms with Gasteiger partial charge in [-0.15, -0.1) is 23.1 Å². The lowest BCUT2D eigenvalue weighted by Crippen LogP contribution is -2.23. The molecule has 1 heterocycles. The van der Waals surface area contributed by atoms with Crippen molar-refractivity contribution in [2.24, 2.45) is 0 Å². The van der Waals surface area contributed by atoms with Crippen LogP contribution in [0.2, 0.25) is 0 Å². The fourth-order valence-electron chi connectivity index (χ4n) is 2.32. The number of aromatic nitrogens is 1. The molecule has 1 atom stereocenters. The highest BCUT2D eigenvalue weighted by molar-refractivity contribution is 7.99. The number of carbonyl (C=O) groups excluding carboxylic acids is 1. The molecule has 7 heteroatoms. The number of hydrogen-bond donors (Lipinski definition) is 1. The van der Waals surface area contributed by atoms with Gasteiger partial charge in [-0.05, 0) is 26.0 Å². The lowest BCUT2D eigenvalue weighted by atomic mass is 10.2. The summed E-state index contributed by atoms with van der Waals surface area (Å²) in [6.45, 7) is 3.76. The van der Waals surface area contributed by atoms with E-state index in [-0.39, 0.29) is 11.6 Å². The number of nitrogens with zero attached hydrogens (tertiary/aromatic N) is 1. The van der Waals surface area contributed by atoms with E-state index in [4.69, 9.17) is 0 Å². The molecule has 0 aliphatic rings. The van der Waals surface area contributed by atoms with E-state index in [0.29, 0.717) is 5.75 Å². The Kier molecular flexibility index (Phi) is 6.23. The number of nitrogens with one attached hydrogen (secondary N) is 1. The molecule has 140 valence electrons. The van der Waals surface area contributed by atoms with Gasteiger partial charge >= 0.3 is 0 Å². The van der Waals surface area contributed by atoms with Gasteiger partial charge in [0.1, 0.15) is 16.6 Å². The van der Waals surface area contributed by atoms with Crippen molar-refractivity contribution in [2.45, 2.75) is 24.9 Å². The number of amides is 1. The Labute approximate surface area is 164 Å². The minimum atomic E-state index is -0.663. The smallest absolute Gasteiger partial charge is 0.237 e. The van der Waals surface area contributed by atoms with Gasteiger partial charge in [-0.25, -0.2) is 13.8 Å². The normalized spacial score (nSPS) is 12.0. The molecule has 2 aromatic carbocycles. The van der Waals surface area contributed by atoms with E-state index in [1.165, 1.54) is 17.3 Å². The Balaban J connectivity index is 1.57. The Morgan fingerprint density at radius 2 is 1.96 bits per heavy atom. The van der Waals surface area contributed by atoms with Gasteiger partial charge in [-0.1, -0.05) is 29.8 Å². The first-order chi connectivity index (χ1) is 12.9. The summed E-state index contributed by atoms with van der Waals surface area (Å²) in [5.74, 6) is -1.08. The van der Waals surface area contributed by atoms with Crippen molar-refractivity contribution >= 4 is 34.7 Å². The average Bonchev–Trinajstić information content (AvgIpc) is 3.12. The zero-order valence-electron chi connectivity index (χ0n) is 14.8. The first-order valence-electron chi connectivity index (χ1n) is 8.31. The van der Waals surface area contributed by atoms with E-state index in [2.05, 4.69) is 10.3 Å². The molecule has 0 bridgehead atoms.